The van der Waals surface area contributed by atoms with E-state index in [0.29, 0.717) is 13.1 Å². The molecule has 1 aliphatic heterocycles. The number of hydrogen-bond donors (Lipinski definition) is 2. The Labute approximate surface area is 171 Å². The highest BCUT2D eigenvalue weighted by Gasteiger charge is 2.11. The lowest BCUT2D eigenvalue weighted by Gasteiger charge is -2.18. The summed E-state index contributed by atoms with van der Waals surface area (Å²) in [6.07, 6.45) is 3.98. The van der Waals surface area contributed by atoms with Crippen molar-refractivity contribution in [3.63, 3.8) is 0 Å². The Morgan fingerprint density at radius 2 is 1.83 bits per heavy atom. The molecule has 3 aromatic rings. The molecule has 0 atom stereocenters. The van der Waals surface area contributed by atoms with E-state index in [1.807, 2.05) is 18.2 Å². The van der Waals surface area contributed by atoms with E-state index in [0.717, 1.165) is 36.9 Å². The average Bonchev–Trinajstić information content (AvgIpc) is 2.80. The summed E-state index contributed by atoms with van der Waals surface area (Å²) in [4.78, 5) is 8.59. The molecule has 29 heavy (non-hydrogen) atoms. The van der Waals surface area contributed by atoms with E-state index in [1.54, 1.807) is 13.2 Å². The van der Waals surface area contributed by atoms with Gasteiger partial charge in [-0.25, -0.2) is 0 Å². The van der Waals surface area contributed by atoms with E-state index in [-0.39, 0.29) is 0 Å². The molecule has 1 aliphatic rings. The predicted molar refractivity (Wildman–Crippen MR) is 117 cm³/mol. The number of nitrogens with zero attached hydrogens (tertiary/aromatic N) is 2. The van der Waals surface area contributed by atoms with Gasteiger partial charge in [-0.2, -0.15) is 0 Å². The Morgan fingerprint density at radius 3 is 2.62 bits per heavy atom. The van der Waals surface area contributed by atoms with Crippen molar-refractivity contribution in [2.75, 3.05) is 13.7 Å². The lowest BCUT2D eigenvalue weighted by atomic mass is 9.98. The number of guanidine groups is 1. The smallest absolute Gasteiger partial charge is 0.191 e. The number of hydrogen-bond acceptors (Lipinski definition) is 3. The largest absolute Gasteiger partial charge is 0.493 e. The monoisotopic (exact) mass is 386 g/mol. The van der Waals surface area contributed by atoms with Crippen LogP contribution in [0, 0.1) is 0 Å². The number of aliphatic imine (C=N–C) groups is 1. The Balaban J connectivity index is 1.34. The number of benzene rings is 2. The molecule has 0 amide bonds. The second-order valence-electron chi connectivity index (χ2n) is 7.07. The van der Waals surface area contributed by atoms with Crippen LogP contribution in [0.1, 0.15) is 23.2 Å². The van der Waals surface area contributed by atoms with Crippen LogP contribution in [0.4, 0.5) is 0 Å². The third kappa shape index (κ3) is 4.93. The summed E-state index contributed by atoms with van der Waals surface area (Å²) in [5.74, 6) is 1.79. The van der Waals surface area contributed by atoms with Crippen LogP contribution >= 0.6 is 0 Å². The third-order valence-electron chi connectivity index (χ3n) is 5.04. The number of aromatic nitrogens is 1. The topological polar surface area (TPSA) is 58.5 Å². The van der Waals surface area contributed by atoms with E-state index in [9.17, 15) is 0 Å². The highest BCUT2D eigenvalue weighted by atomic mass is 16.5. The van der Waals surface area contributed by atoms with Gasteiger partial charge in [0.2, 0.25) is 0 Å². The second-order valence-corrected chi connectivity index (χ2v) is 7.07. The summed E-state index contributed by atoms with van der Waals surface area (Å²) in [5.41, 5.74) is 5.95. The van der Waals surface area contributed by atoms with Gasteiger partial charge in [-0.15, -0.1) is 0 Å². The van der Waals surface area contributed by atoms with Gasteiger partial charge in [0, 0.05) is 19.8 Å². The molecular weight excluding hydrogens is 360 g/mol. The van der Waals surface area contributed by atoms with Crippen LogP contribution < -0.4 is 15.4 Å². The maximum atomic E-state index is 5.72. The van der Waals surface area contributed by atoms with Crippen molar-refractivity contribution >= 4 is 5.96 Å². The van der Waals surface area contributed by atoms with Gasteiger partial charge in [0.1, 0.15) is 5.75 Å². The summed E-state index contributed by atoms with van der Waals surface area (Å²) < 4.78 is 5.72. The molecule has 0 spiro atoms. The standard InChI is InChI=1S/C24H26N4O/c1-25-24(28-17-22-6-2-3-13-26-22)27-16-18-7-9-19(10-8-18)20-11-12-23-21(15-20)5-4-14-29-23/h2-3,6-13,15H,4-5,14,16-17H2,1H3,(H2,25,27,28). The van der Waals surface area contributed by atoms with E-state index in [2.05, 4.69) is 63.1 Å². The molecule has 4 rings (SSSR count). The van der Waals surface area contributed by atoms with Gasteiger partial charge in [-0.1, -0.05) is 36.4 Å². The van der Waals surface area contributed by atoms with E-state index < -0.39 is 0 Å². The molecular formula is C24H26N4O. The van der Waals surface area contributed by atoms with E-state index >= 15 is 0 Å². The molecule has 0 unspecified atom stereocenters. The van der Waals surface area contributed by atoms with Crippen LogP contribution in [0.3, 0.4) is 0 Å². The number of rotatable bonds is 5. The minimum absolute atomic E-state index is 0.640. The lowest BCUT2D eigenvalue weighted by Crippen LogP contribution is -2.36. The zero-order valence-corrected chi connectivity index (χ0v) is 16.7. The number of aryl methyl sites for hydroxylation is 1. The van der Waals surface area contributed by atoms with Gasteiger partial charge < -0.3 is 15.4 Å². The molecule has 2 aromatic carbocycles. The van der Waals surface area contributed by atoms with Crippen LogP contribution in [0.2, 0.25) is 0 Å². The van der Waals surface area contributed by atoms with Gasteiger partial charge in [-0.3, -0.25) is 9.98 Å². The van der Waals surface area contributed by atoms with Gasteiger partial charge in [0.15, 0.2) is 5.96 Å². The Bertz CT molecular complexity index is 968. The Hall–Kier alpha value is -3.34. The molecule has 0 fully saturated rings. The fourth-order valence-corrected chi connectivity index (χ4v) is 3.44. The minimum Gasteiger partial charge on any atom is -0.493 e. The highest BCUT2D eigenvalue weighted by molar-refractivity contribution is 5.79. The summed E-state index contributed by atoms with van der Waals surface area (Å²) in [7, 11) is 1.77. The predicted octanol–water partition coefficient (Wildman–Crippen LogP) is 3.94. The molecule has 0 saturated carbocycles. The lowest BCUT2D eigenvalue weighted by molar-refractivity contribution is 0.288. The molecule has 2 heterocycles. The van der Waals surface area contributed by atoms with Crippen molar-refractivity contribution < 1.29 is 4.74 Å². The zero-order chi connectivity index (χ0) is 19.9. The second kappa shape index (κ2) is 9.24. The van der Waals surface area contributed by atoms with Crippen LogP contribution in [0.25, 0.3) is 11.1 Å². The first kappa shape index (κ1) is 19.0. The van der Waals surface area contributed by atoms with Crippen molar-refractivity contribution in [1.29, 1.82) is 0 Å². The summed E-state index contributed by atoms with van der Waals surface area (Å²) in [5, 5.41) is 6.64. The zero-order valence-electron chi connectivity index (χ0n) is 16.7. The highest BCUT2D eigenvalue weighted by Crippen LogP contribution is 2.30. The van der Waals surface area contributed by atoms with Crippen LogP contribution in [-0.2, 0) is 19.5 Å². The molecule has 2 N–H and O–H groups in total. The number of nitrogens with one attached hydrogen (secondary N) is 2. The average molecular weight is 386 g/mol. The third-order valence-corrected chi connectivity index (χ3v) is 5.04. The van der Waals surface area contributed by atoms with Crippen LogP contribution in [0.5, 0.6) is 5.75 Å². The first-order valence-electron chi connectivity index (χ1n) is 10.0. The first-order chi connectivity index (χ1) is 14.3. The summed E-state index contributed by atoms with van der Waals surface area (Å²) >= 11 is 0. The fourth-order valence-electron chi connectivity index (χ4n) is 3.44. The first-order valence-corrected chi connectivity index (χ1v) is 10.0. The van der Waals surface area contributed by atoms with Crippen molar-refractivity contribution in [1.82, 2.24) is 15.6 Å². The van der Waals surface area contributed by atoms with E-state index in [1.165, 1.54) is 22.3 Å². The van der Waals surface area contributed by atoms with Crippen molar-refractivity contribution in [3.05, 3.63) is 83.7 Å². The maximum absolute atomic E-state index is 5.72. The summed E-state index contributed by atoms with van der Waals surface area (Å²) in [6.45, 7) is 2.18. The molecule has 0 bridgehead atoms. The molecule has 0 radical (unpaired) electrons. The molecule has 1 aromatic heterocycles. The fraction of sp³-hybridized carbons (Fsp3) is 0.250. The van der Waals surface area contributed by atoms with Gasteiger partial charge in [-0.05, 0) is 59.4 Å². The van der Waals surface area contributed by atoms with Gasteiger partial charge >= 0.3 is 0 Å². The van der Waals surface area contributed by atoms with Gasteiger partial charge in [0.05, 0.1) is 18.8 Å². The molecule has 5 nitrogen and oxygen atoms in total. The number of fused-ring (bicyclic) bond motifs is 1. The number of ether oxygens (including phenoxy) is 1. The van der Waals surface area contributed by atoms with Crippen molar-refractivity contribution in [2.24, 2.45) is 4.99 Å². The summed E-state index contributed by atoms with van der Waals surface area (Å²) in [6, 6.07) is 21.0. The molecule has 0 saturated heterocycles. The Kier molecular flexibility index (Phi) is 6.05. The molecule has 148 valence electrons. The van der Waals surface area contributed by atoms with Gasteiger partial charge in [0.25, 0.3) is 0 Å². The number of pyridine rings is 1. The van der Waals surface area contributed by atoms with Crippen LogP contribution in [-0.4, -0.2) is 24.6 Å². The molecule has 0 aliphatic carbocycles. The van der Waals surface area contributed by atoms with Crippen molar-refractivity contribution in [3.8, 4) is 16.9 Å². The normalized spacial score (nSPS) is 13.3. The Morgan fingerprint density at radius 1 is 1.00 bits per heavy atom. The quantitative estimate of drug-likeness (QED) is 0.515. The van der Waals surface area contributed by atoms with Crippen molar-refractivity contribution in [2.45, 2.75) is 25.9 Å². The van der Waals surface area contributed by atoms with Crippen LogP contribution in [0.15, 0.2) is 71.9 Å². The SMILES string of the molecule is CN=C(NCc1ccc(-c2ccc3c(c2)CCCO3)cc1)NCc1ccccn1. The molecule has 5 heteroatoms. The maximum Gasteiger partial charge on any atom is 0.191 e. The van der Waals surface area contributed by atoms with E-state index in [4.69, 9.17) is 4.74 Å². The minimum atomic E-state index is 0.640.